The number of rotatable bonds is 2. The zero-order valence-electron chi connectivity index (χ0n) is 9.96. The Bertz CT molecular complexity index is 538. The molecule has 5 heteroatoms. The van der Waals surface area contributed by atoms with Gasteiger partial charge in [-0.2, -0.15) is 5.10 Å². The van der Waals surface area contributed by atoms with Crippen LogP contribution in [0.5, 0.6) is 0 Å². The summed E-state index contributed by atoms with van der Waals surface area (Å²) < 4.78 is 0. The number of likely N-dealkylation sites (tertiary alicyclic amines) is 1. The average molecular weight is 243 g/mol. The summed E-state index contributed by atoms with van der Waals surface area (Å²) in [6.45, 7) is 2.11. The summed E-state index contributed by atoms with van der Waals surface area (Å²) >= 11 is 0. The van der Waals surface area contributed by atoms with Gasteiger partial charge >= 0.3 is 0 Å². The van der Waals surface area contributed by atoms with E-state index in [0.717, 1.165) is 5.56 Å². The number of hydrogen-bond donors (Lipinski definition) is 1. The Kier molecular flexibility index (Phi) is 2.40. The number of carbonyl (C=O) groups excluding carboxylic acids is 2. The topological polar surface area (TPSA) is 61.8 Å². The van der Waals surface area contributed by atoms with Crippen LogP contribution in [-0.4, -0.2) is 28.5 Å². The Balaban J connectivity index is 1.84. The summed E-state index contributed by atoms with van der Waals surface area (Å²) in [5, 5.41) is 3.96. The lowest BCUT2D eigenvalue weighted by atomic mass is 10.0. The number of benzene rings is 1. The minimum Gasteiger partial charge on any atom is -0.296 e. The van der Waals surface area contributed by atoms with Crippen LogP contribution in [0.3, 0.4) is 0 Å². The molecule has 18 heavy (non-hydrogen) atoms. The van der Waals surface area contributed by atoms with Crippen molar-refractivity contribution in [3.8, 4) is 0 Å². The summed E-state index contributed by atoms with van der Waals surface area (Å²) in [4.78, 5) is 25.6. The molecule has 2 aliphatic rings. The van der Waals surface area contributed by atoms with Gasteiger partial charge in [0.25, 0.3) is 5.91 Å². The Hall–Kier alpha value is -2.17. The van der Waals surface area contributed by atoms with Crippen LogP contribution in [-0.2, 0) is 16.1 Å². The summed E-state index contributed by atoms with van der Waals surface area (Å²) in [6, 6.07) is 9.01. The van der Waals surface area contributed by atoms with Gasteiger partial charge in [-0.05, 0) is 12.5 Å². The molecule has 1 aromatic rings. The molecule has 92 valence electrons. The second-order valence-electron chi connectivity index (χ2n) is 4.59. The zero-order chi connectivity index (χ0) is 12.7. The van der Waals surface area contributed by atoms with Crippen molar-refractivity contribution in [2.45, 2.75) is 19.5 Å². The van der Waals surface area contributed by atoms with E-state index in [9.17, 15) is 9.59 Å². The molecule has 0 spiro atoms. The van der Waals surface area contributed by atoms with Crippen molar-refractivity contribution in [2.24, 2.45) is 11.0 Å². The fraction of sp³-hybridized carbons (Fsp3) is 0.308. The smallest absolute Gasteiger partial charge is 0.254 e. The minimum atomic E-state index is -0.499. The first kappa shape index (κ1) is 11.0. The van der Waals surface area contributed by atoms with Gasteiger partial charge in [-0.1, -0.05) is 30.3 Å². The van der Waals surface area contributed by atoms with Crippen molar-refractivity contribution in [3.63, 3.8) is 0 Å². The third kappa shape index (κ3) is 1.51. The first-order valence-corrected chi connectivity index (χ1v) is 5.87. The summed E-state index contributed by atoms with van der Waals surface area (Å²) in [5.74, 6) is -0.754. The van der Waals surface area contributed by atoms with Crippen LogP contribution in [0.25, 0.3) is 0 Å². The van der Waals surface area contributed by atoms with E-state index >= 15 is 0 Å². The molecular weight excluding hydrogens is 230 g/mol. The second kappa shape index (κ2) is 3.94. The minimum absolute atomic E-state index is 0.153. The molecule has 1 N–H and O–H groups in total. The number of imide groups is 1. The summed E-state index contributed by atoms with van der Waals surface area (Å²) in [5.41, 5.74) is 4.38. The Morgan fingerprint density at radius 2 is 1.94 bits per heavy atom. The monoisotopic (exact) mass is 243 g/mol. The van der Waals surface area contributed by atoms with E-state index in [2.05, 4.69) is 10.5 Å². The van der Waals surface area contributed by atoms with E-state index < -0.39 is 12.0 Å². The molecule has 0 aromatic heterocycles. The number of hydrogen-bond acceptors (Lipinski definition) is 4. The Labute approximate surface area is 104 Å². The fourth-order valence-corrected chi connectivity index (χ4v) is 2.44. The molecule has 2 amide bonds. The molecule has 1 aromatic carbocycles. The molecule has 0 saturated carbocycles. The zero-order valence-corrected chi connectivity index (χ0v) is 9.96. The van der Waals surface area contributed by atoms with Gasteiger partial charge in [-0.15, -0.1) is 0 Å². The van der Waals surface area contributed by atoms with Gasteiger partial charge < -0.3 is 0 Å². The van der Waals surface area contributed by atoms with Gasteiger partial charge in [0, 0.05) is 5.71 Å². The van der Waals surface area contributed by atoms with Crippen LogP contribution in [0.15, 0.2) is 35.4 Å². The molecule has 5 nitrogen and oxygen atoms in total. The van der Waals surface area contributed by atoms with Crippen molar-refractivity contribution in [3.05, 3.63) is 35.9 Å². The summed E-state index contributed by atoms with van der Waals surface area (Å²) in [7, 11) is 0. The third-order valence-electron chi connectivity index (χ3n) is 3.41. The first-order valence-electron chi connectivity index (χ1n) is 5.87. The fourth-order valence-electron chi connectivity index (χ4n) is 2.44. The lowest BCUT2D eigenvalue weighted by molar-refractivity contribution is -0.140. The molecule has 0 bridgehead atoms. The van der Waals surface area contributed by atoms with Crippen molar-refractivity contribution < 1.29 is 9.59 Å². The predicted molar refractivity (Wildman–Crippen MR) is 65.5 cm³/mol. The molecule has 2 atom stereocenters. The molecule has 1 fully saturated rings. The number of carbonyl (C=O) groups is 2. The number of fused-ring (bicyclic) bond motifs is 1. The van der Waals surface area contributed by atoms with Gasteiger partial charge in [0.15, 0.2) is 0 Å². The van der Waals surface area contributed by atoms with E-state index in [0.29, 0.717) is 12.3 Å². The highest BCUT2D eigenvalue weighted by atomic mass is 16.2. The van der Waals surface area contributed by atoms with Crippen LogP contribution in [0.2, 0.25) is 0 Å². The number of amides is 2. The van der Waals surface area contributed by atoms with Gasteiger partial charge in [0.1, 0.15) is 12.0 Å². The van der Waals surface area contributed by atoms with Crippen LogP contribution in [0, 0.1) is 5.92 Å². The van der Waals surface area contributed by atoms with Crippen LogP contribution < -0.4 is 5.43 Å². The van der Waals surface area contributed by atoms with E-state index in [1.807, 2.05) is 30.3 Å². The maximum Gasteiger partial charge on any atom is 0.254 e. The quantitative estimate of drug-likeness (QED) is 0.770. The average Bonchev–Trinajstić information content (AvgIpc) is 2.87. The summed E-state index contributed by atoms with van der Waals surface area (Å²) in [6.07, 6.45) is 0. The van der Waals surface area contributed by atoms with Crippen molar-refractivity contribution in [1.29, 1.82) is 0 Å². The third-order valence-corrected chi connectivity index (χ3v) is 3.41. The van der Waals surface area contributed by atoms with Crippen molar-refractivity contribution in [1.82, 2.24) is 10.3 Å². The van der Waals surface area contributed by atoms with Gasteiger partial charge in [-0.25, -0.2) is 0 Å². The molecule has 2 unspecified atom stereocenters. The van der Waals surface area contributed by atoms with Crippen molar-refractivity contribution in [2.75, 3.05) is 0 Å². The van der Waals surface area contributed by atoms with Gasteiger partial charge in [-0.3, -0.25) is 19.9 Å². The van der Waals surface area contributed by atoms with E-state index in [-0.39, 0.29) is 11.8 Å². The molecule has 2 heterocycles. The number of nitrogens with one attached hydrogen (secondary N) is 1. The van der Waals surface area contributed by atoms with Crippen molar-refractivity contribution >= 4 is 17.5 Å². The lowest BCUT2D eigenvalue weighted by Gasteiger charge is -2.15. The van der Waals surface area contributed by atoms with Gasteiger partial charge in [0.05, 0.1) is 6.54 Å². The van der Waals surface area contributed by atoms with E-state index in [4.69, 9.17) is 0 Å². The number of hydrazone groups is 1. The Morgan fingerprint density at radius 3 is 2.61 bits per heavy atom. The molecule has 3 rings (SSSR count). The highest BCUT2D eigenvalue weighted by molar-refractivity contribution is 6.18. The predicted octanol–water partition coefficient (Wildman–Crippen LogP) is 0.519. The van der Waals surface area contributed by atoms with Crippen LogP contribution in [0.1, 0.15) is 12.5 Å². The van der Waals surface area contributed by atoms with E-state index in [1.54, 1.807) is 6.92 Å². The normalized spacial score (nSPS) is 26.1. The van der Waals surface area contributed by atoms with Crippen LogP contribution >= 0.6 is 0 Å². The molecule has 0 aliphatic carbocycles. The molecule has 2 aliphatic heterocycles. The largest absolute Gasteiger partial charge is 0.296 e. The Morgan fingerprint density at radius 1 is 1.22 bits per heavy atom. The maximum atomic E-state index is 12.2. The van der Waals surface area contributed by atoms with Gasteiger partial charge in [0.2, 0.25) is 5.91 Å². The standard InChI is InChI=1S/C13H13N3O2/c1-8-10-11(15-14-8)13(18)16(12(10)17)7-9-5-3-2-4-6-9/h2-6,10-11,15H,7H2,1H3. The number of nitrogens with zero attached hydrogens (tertiary/aromatic N) is 2. The van der Waals surface area contributed by atoms with E-state index in [1.165, 1.54) is 4.90 Å². The van der Waals surface area contributed by atoms with Crippen LogP contribution in [0.4, 0.5) is 0 Å². The first-order chi connectivity index (χ1) is 8.68. The maximum absolute atomic E-state index is 12.2. The second-order valence-corrected chi connectivity index (χ2v) is 4.59. The SMILES string of the molecule is CC1=NNC2C(=O)N(Cc3ccccc3)C(=O)C12. The highest BCUT2D eigenvalue weighted by Crippen LogP contribution is 2.26. The highest BCUT2D eigenvalue weighted by Gasteiger charge is 2.51. The molecular formula is C13H13N3O2. The lowest BCUT2D eigenvalue weighted by Crippen LogP contribution is -2.35. The molecule has 0 radical (unpaired) electrons. The molecule has 1 saturated heterocycles.